The van der Waals surface area contributed by atoms with Crippen LogP contribution in [0.25, 0.3) is 0 Å². The summed E-state index contributed by atoms with van der Waals surface area (Å²) in [6.45, 7) is 6.98. The van der Waals surface area contributed by atoms with Gasteiger partial charge in [0.05, 0.1) is 6.61 Å². The van der Waals surface area contributed by atoms with Crippen LogP contribution in [-0.4, -0.2) is 227 Å². The van der Waals surface area contributed by atoms with E-state index in [1.165, 1.54) is 31.4 Å². The molecule has 6 aromatic carbocycles. The molecule has 0 bridgehead atoms. The highest BCUT2D eigenvalue weighted by Crippen LogP contribution is 2.22. The number of unbranched alkanes of at least 4 members (excludes halogenated alkanes) is 4. The first-order chi connectivity index (χ1) is 61.3. The number of aliphatic hydroxyl groups is 1. The number of aliphatic imine (C=N–C) groups is 1. The summed E-state index contributed by atoms with van der Waals surface area (Å²) >= 11 is 12.4. The largest absolute Gasteiger partial charge is 0.484 e. The number of aliphatic hydroxyl groups excluding tert-OH is 1. The molecular formula is C89H128Cl3IN20O16S. The Bertz CT molecular complexity index is 4610. The predicted molar refractivity (Wildman–Crippen MR) is 525 cm³/mol. The first kappa shape index (κ1) is 118. The van der Waals surface area contributed by atoms with E-state index in [-0.39, 0.29) is 162 Å². The van der Waals surface area contributed by atoms with Crippen molar-refractivity contribution in [1.29, 1.82) is 5.41 Å². The Kier molecular flexibility index (Phi) is 64.6. The Labute approximate surface area is 799 Å². The lowest BCUT2D eigenvalue weighted by atomic mass is 10.1. The molecule has 714 valence electrons. The maximum Gasteiger partial charge on any atom is 0.407 e. The molecule has 0 aliphatic carbocycles. The fourth-order valence-corrected chi connectivity index (χ4v) is 10.2. The summed E-state index contributed by atoms with van der Waals surface area (Å²) in [6.07, 6.45) is 12.0. The van der Waals surface area contributed by atoms with E-state index in [4.69, 9.17) is 101 Å². The van der Waals surface area contributed by atoms with Crippen molar-refractivity contribution < 1.29 is 76.6 Å². The standard InChI is InChI=1S/C22H28N2O4.C22H27NO5.C20H27ClN8O3.C14H22N2O2.C7H9ClN6OS.C2H7N.C2H6O.ClH.HI/c1-24(2)21(25)17-27-20-13-11-18(12-14-20)8-6-7-15-23-22(26)28-16-19-9-4-3-5-10-19;1-2-26-21(24)17-27-20-13-11-18(12-14-20)8-6-7-15-23-22(25)28-16-19-9-4-3-5-10-19;1-29(2)14(30)11-32-13-8-6-12(7-9-13)5-3-4-10-25-20(24)28-19(31)15-17(22)27-18(23)16(21)26-15;1-16(2)14(17)11-18-13-8-6-12(7-9-13)5-3-4-10-15;1-16-7(11)14-6(15)2-4(9)13-5(10)3(8)12-2;1-3-2;1-2-3;;/h3-5,9-14H,6-8,15-17H2,1-2H3,(H,23,26);3-5,9-14H,2,6-8,15-17H2,1H3,(H,23,25);6-9H,3-5,10-11H2,1-2H3,(H4,22,23,27)(H3,24,25,28,31);6-9H,3-5,10-11,15H2,1-2H3;1H3,(H4,9,10,13)(H2,11,14,15);3H,1-2H3;3H,2H2,1H3;2*1H. The number of hydrogen-bond acceptors (Lipinski definition) is 29. The van der Waals surface area contributed by atoms with Gasteiger partial charge in [-0.25, -0.2) is 34.3 Å². The molecule has 8 rings (SSSR count). The number of halogens is 4. The van der Waals surface area contributed by atoms with Gasteiger partial charge in [0, 0.05) is 68.5 Å². The van der Waals surface area contributed by atoms with Gasteiger partial charge in [-0.2, -0.15) is 0 Å². The summed E-state index contributed by atoms with van der Waals surface area (Å²) in [7, 11) is 13.9. The summed E-state index contributed by atoms with van der Waals surface area (Å²) in [5, 5.41) is 27.5. The average molecular weight is 2000 g/mol. The molecule has 0 radical (unpaired) electrons. The van der Waals surface area contributed by atoms with E-state index in [0.717, 1.165) is 118 Å². The number of nitrogens with one attached hydrogen (secondary N) is 6. The molecule has 36 nitrogen and oxygen atoms in total. The minimum atomic E-state index is -0.673. The zero-order valence-corrected chi connectivity index (χ0v) is 81.1. The predicted octanol–water partition coefficient (Wildman–Crippen LogP) is 10.7. The summed E-state index contributed by atoms with van der Waals surface area (Å²) in [4.78, 5) is 116. The van der Waals surface area contributed by atoms with Gasteiger partial charge in [0.1, 0.15) is 36.2 Å². The van der Waals surface area contributed by atoms with Crippen LogP contribution in [0.15, 0.2) is 163 Å². The van der Waals surface area contributed by atoms with Crippen LogP contribution in [0.5, 0.6) is 23.0 Å². The van der Waals surface area contributed by atoms with E-state index in [1.807, 2.05) is 172 Å². The molecule has 0 unspecified atom stereocenters. The highest BCUT2D eigenvalue weighted by atomic mass is 127. The van der Waals surface area contributed by atoms with Gasteiger partial charge in [-0.15, -0.1) is 36.4 Å². The number of hydrogen-bond donors (Lipinski definition) is 13. The quantitative estimate of drug-likeness (QED) is 0.00427. The summed E-state index contributed by atoms with van der Waals surface area (Å²) < 4.78 is 36.8. The second-order valence-electron chi connectivity index (χ2n) is 27.8. The van der Waals surface area contributed by atoms with Gasteiger partial charge in [0.25, 0.3) is 29.5 Å². The minimum absolute atomic E-state index is 0. The van der Waals surface area contributed by atoms with Crippen LogP contribution in [-0.2, 0) is 72.3 Å². The first-order valence-electron chi connectivity index (χ1n) is 40.9. The topological polar surface area (TPSA) is 535 Å². The molecule has 41 heteroatoms. The number of carbonyl (C=O) groups is 8. The van der Waals surface area contributed by atoms with E-state index < -0.39 is 24.0 Å². The number of aryl methyl sites for hydroxylation is 4. The van der Waals surface area contributed by atoms with E-state index in [0.29, 0.717) is 43.5 Å². The molecule has 8 aromatic rings. The Morgan fingerprint density at radius 3 is 1.09 bits per heavy atom. The smallest absolute Gasteiger partial charge is 0.407 e. The molecule has 2 heterocycles. The molecular weight excluding hydrogens is 1870 g/mol. The molecule has 0 atom stereocenters. The van der Waals surface area contributed by atoms with Crippen LogP contribution >= 0.6 is 71.3 Å². The van der Waals surface area contributed by atoms with Crippen LogP contribution in [0.3, 0.4) is 0 Å². The SMILES string of the molecule is CCO.CCOC(=O)COc1ccc(CCCCNC(=O)OCc2ccccc2)cc1.CN(C)C(=O)COc1ccc(CCCCN)cc1.CN(C)C(=O)COc1ccc(CCCCN=C(N)NC(=O)c2nc(Cl)c(N)nc2N)cc1.CN(C)C(=O)COc1ccc(CCCCNC(=O)OCc2ccccc2)cc1.CNC.CSC(=N)NC(=O)c1nc(Cl)c(N)nc1N.Cl.I. The van der Waals surface area contributed by atoms with Crippen LogP contribution in [0.2, 0.25) is 10.3 Å². The number of guanidine groups is 1. The fraction of sp³-hybridized carbons (Fsp3) is 0.393. The van der Waals surface area contributed by atoms with Crippen molar-refractivity contribution in [2.75, 3.05) is 151 Å². The molecule has 0 fully saturated rings. The third kappa shape index (κ3) is 54.5. The van der Waals surface area contributed by atoms with Crippen molar-refractivity contribution in [3.05, 3.63) is 213 Å². The lowest BCUT2D eigenvalue weighted by Crippen LogP contribution is -2.38. The zero-order chi connectivity index (χ0) is 95.0. The Morgan fingerprint density at radius 2 is 0.777 bits per heavy atom. The molecule has 0 spiro atoms. The number of amides is 7. The van der Waals surface area contributed by atoms with E-state index in [2.05, 4.69) is 51.5 Å². The number of anilines is 4. The average Bonchev–Trinajstić information content (AvgIpc) is 0.837. The number of alkyl carbamates (subject to hydrolysis) is 2. The van der Waals surface area contributed by atoms with Crippen molar-refractivity contribution in [3.8, 4) is 23.0 Å². The zero-order valence-electron chi connectivity index (χ0n) is 75.6. The lowest BCUT2D eigenvalue weighted by molar-refractivity contribution is -0.145. The summed E-state index contributed by atoms with van der Waals surface area (Å²) in [5.74, 6) is 0.336. The number of nitrogens with two attached hydrogens (primary N) is 6. The third-order valence-electron chi connectivity index (χ3n) is 16.7. The minimum Gasteiger partial charge on any atom is -0.484 e. The number of benzene rings is 6. The van der Waals surface area contributed by atoms with Crippen molar-refractivity contribution in [2.24, 2.45) is 16.5 Å². The van der Waals surface area contributed by atoms with Gasteiger partial charge in [-0.3, -0.25) is 39.7 Å². The van der Waals surface area contributed by atoms with Gasteiger partial charge in [0.15, 0.2) is 82.5 Å². The number of esters is 1. The van der Waals surface area contributed by atoms with Crippen LogP contribution in [0, 0.1) is 5.41 Å². The highest BCUT2D eigenvalue weighted by Gasteiger charge is 2.19. The first-order valence-corrected chi connectivity index (χ1v) is 42.9. The Morgan fingerprint density at radius 1 is 0.462 bits per heavy atom. The number of aromatic nitrogens is 4. The monoisotopic (exact) mass is 2000 g/mol. The van der Waals surface area contributed by atoms with Gasteiger partial charge >= 0.3 is 18.2 Å². The number of ether oxygens (including phenoxy) is 7. The van der Waals surface area contributed by atoms with E-state index in [9.17, 15) is 38.4 Å². The van der Waals surface area contributed by atoms with Crippen molar-refractivity contribution in [3.63, 3.8) is 0 Å². The Hall–Kier alpha value is -11.8. The van der Waals surface area contributed by atoms with Gasteiger partial charge in [0.2, 0.25) is 0 Å². The number of carbonyl (C=O) groups excluding carboxylic acids is 8. The number of amidine groups is 1. The molecule has 7 amide bonds. The second-order valence-corrected chi connectivity index (χ2v) is 29.3. The molecule has 2 aromatic heterocycles. The molecule has 0 saturated heterocycles. The van der Waals surface area contributed by atoms with Crippen LogP contribution < -0.4 is 79.9 Å². The van der Waals surface area contributed by atoms with Gasteiger partial charge < -0.3 is 109 Å². The summed E-state index contributed by atoms with van der Waals surface area (Å²) in [6, 6.07) is 50.0. The molecule has 0 aliphatic heterocycles. The van der Waals surface area contributed by atoms with E-state index >= 15 is 0 Å². The molecule has 0 saturated carbocycles. The Balaban J connectivity index is 0.00000160. The van der Waals surface area contributed by atoms with Crippen LogP contribution in [0.4, 0.5) is 32.9 Å². The lowest BCUT2D eigenvalue weighted by Gasteiger charge is -2.11. The molecule has 130 heavy (non-hydrogen) atoms. The molecule has 19 N–H and O–H groups in total. The number of likely N-dealkylation sites (N-methyl/N-ethyl adjacent to an activating group) is 3. The highest BCUT2D eigenvalue weighted by molar-refractivity contribution is 14.0. The second kappa shape index (κ2) is 71.1. The van der Waals surface area contributed by atoms with Crippen molar-refractivity contribution in [2.45, 2.75) is 104 Å². The van der Waals surface area contributed by atoms with Crippen molar-refractivity contribution >= 4 is 153 Å². The molecule has 0 aliphatic rings. The van der Waals surface area contributed by atoms with Crippen LogP contribution in [0.1, 0.15) is 120 Å². The van der Waals surface area contributed by atoms with Gasteiger partial charge in [-0.05, 0) is 200 Å². The van der Waals surface area contributed by atoms with Gasteiger partial charge in [-0.1, -0.05) is 144 Å². The van der Waals surface area contributed by atoms with Crippen molar-refractivity contribution in [1.82, 2.24) is 61.2 Å². The normalized spacial score (nSPS) is 10.0. The fourth-order valence-electron chi connectivity index (χ4n) is 9.77. The number of rotatable bonds is 38. The number of thioether (sulfide) groups is 1. The number of nitrogen functional groups attached to an aromatic ring is 4. The maximum atomic E-state index is 12.2. The number of nitrogens with zero attached hydrogens (tertiary/aromatic N) is 8. The third-order valence-corrected chi connectivity index (χ3v) is 17.7. The summed E-state index contributed by atoms with van der Waals surface area (Å²) in [5.41, 5.74) is 39.5. The van der Waals surface area contributed by atoms with E-state index in [1.54, 1.807) is 62.4 Å². The maximum absolute atomic E-state index is 12.2.